The van der Waals surface area contributed by atoms with Crippen LogP contribution >= 0.6 is 28.3 Å². The summed E-state index contributed by atoms with van der Waals surface area (Å²) in [5.74, 6) is 0.579. The number of halogens is 2. The molecule has 2 N–H and O–H groups in total. The molecule has 1 aliphatic carbocycles. The molecule has 14 heavy (non-hydrogen) atoms. The summed E-state index contributed by atoms with van der Waals surface area (Å²) in [5.41, 5.74) is 7.61. The lowest BCUT2D eigenvalue weighted by Gasteiger charge is -2.07. The maximum Gasteiger partial charge on any atom is 0.0228 e. The molecule has 0 spiro atoms. The molecule has 1 saturated carbocycles. The predicted molar refractivity (Wildman–Crippen MR) is 66.0 cm³/mol. The Morgan fingerprint density at radius 2 is 2.29 bits per heavy atom. The number of rotatable bonds is 2. The van der Waals surface area contributed by atoms with Crippen LogP contribution < -0.4 is 5.73 Å². The third-order valence-corrected chi connectivity index (χ3v) is 3.52. The summed E-state index contributed by atoms with van der Waals surface area (Å²) in [6.45, 7) is 2.16. The van der Waals surface area contributed by atoms with Gasteiger partial charge < -0.3 is 5.73 Å². The van der Waals surface area contributed by atoms with Crippen molar-refractivity contribution in [3.8, 4) is 0 Å². The summed E-state index contributed by atoms with van der Waals surface area (Å²) in [7, 11) is 0. The summed E-state index contributed by atoms with van der Waals surface area (Å²) in [6.07, 6.45) is 2.21. The zero-order chi connectivity index (χ0) is 9.47. The van der Waals surface area contributed by atoms with E-state index in [-0.39, 0.29) is 17.9 Å². The highest BCUT2D eigenvalue weighted by Crippen LogP contribution is 2.51. The Labute approximate surface area is 99.6 Å². The third kappa shape index (κ3) is 2.13. The standard InChI is InChI=1S/C11H14BrN.ClH/c1-2-11(13)7-10(11)8-4-3-5-9(12)6-8;/h3-6,10H,2,7,13H2,1H3;1H/t10-,11-;/m1./s1. The van der Waals surface area contributed by atoms with Gasteiger partial charge >= 0.3 is 0 Å². The molecule has 1 nitrogen and oxygen atoms in total. The van der Waals surface area contributed by atoms with Crippen LogP contribution in [0.4, 0.5) is 0 Å². The van der Waals surface area contributed by atoms with Crippen molar-refractivity contribution < 1.29 is 0 Å². The van der Waals surface area contributed by atoms with Crippen LogP contribution in [0, 0.1) is 0 Å². The molecule has 1 aromatic carbocycles. The molecule has 0 aromatic heterocycles. The maximum atomic E-state index is 6.16. The van der Waals surface area contributed by atoms with Gasteiger partial charge in [0, 0.05) is 15.9 Å². The minimum absolute atomic E-state index is 0. The highest BCUT2D eigenvalue weighted by Gasteiger charge is 2.49. The smallest absolute Gasteiger partial charge is 0.0228 e. The second kappa shape index (κ2) is 4.21. The Hall–Kier alpha value is -0.0500. The van der Waals surface area contributed by atoms with Crippen molar-refractivity contribution in [1.29, 1.82) is 0 Å². The quantitative estimate of drug-likeness (QED) is 0.879. The Kier molecular flexibility index (Phi) is 3.62. The maximum absolute atomic E-state index is 6.16. The van der Waals surface area contributed by atoms with Crippen molar-refractivity contribution in [1.82, 2.24) is 0 Å². The van der Waals surface area contributed by atoms with E-state index in [1.54, 1.807) is 0 Å². The van der Waals surface area contributed by atoms with Crippen molar-refractivity contribution in [3.63, 3.8) is 0 Å². The van der Waals surface area contributed by atoms with E-state index >= 15 is 0 Å². The van der Waals surface area contributed by atoms with E-state index in [4.69, 9.17) is 5.73 Å². The number of hydrogen-bond donors (Lipinski definition) is 1. The minimum atomic E-state index is 0. The SMILES string of the molecule is CC[C@@]1(N)C[C@@H]1c1cccc(Br)c1.Cl. The molecular formula is C11H15BrClN. The van der Waals surface area contributed by atoms with E-state index in [9.17, 15) is 0 Å². The summed E-state index contributed by atoms with van der Waals surface area (Å²) < 4.78 is 1.15. The van der Waals surface area contributed by atoms with Gasteiger partial charge in [-0.1, -0.05) is 35.0 Å². The fourth-order valence-electron chi connectivity index (χ4n) is 1.88. The molecule has 0 aliphatic heterocycles. The van der Waals surface area contributed by atoms with Gasteiger partial charge in [0.2, 0.25) is 0 Å². The molecule has 3 heteroatoms. The van der Waals surface area contributed by atoms with E-state index in [2.05, 4.69) is 47.1 Å². The Morgan fingerprint density at radius 3 is 2.79 bits per heavy atom. The molecule has 0 bridgehead atoms. The van der Waals surface area contributed by atoms with E-state index < -0.39 is 0 Å². The minimum Gasteiger partial charge on any atom is -0.325 e. The number of nitrogens with two attached hydrogens (primary N) is 1. The zero-order valence-electron chi connectivity index (χ0n) is 8.16. The molecule has 0 amide bonds. The van der Waals surface area contributed by atoms with Crippen molar-refractivity contribution in [2.75, 3.05) is 0 Å². The summed E-state index contributed by atoms with van der Waals surface area (Å²) in [4.78, 5) is 0. The molecule has 0 saturated heterocycles. The fraction of sp³-hybridized carbons (Fsp3) is 0.455. The zero-order valence-corrected chi connectivity index (χ0v) is 10.6. The van der Waals surface area contributed by atoms with Crippen LogP contribution in [0.25, 0.3) is 0 Å². The summed E-state index contributed by atoms with van der Waals surface area (Å²) >= 11 is 3.48. The van der Waals surface area contributed by atoms with Gasteiger partial charge in [0.25, 0.3) is 0 Å². The molecule has 0 radical (unpaired) electrons. The molecule has 1 aliphatic rings. The van der Waals surface area contributed by atoms with Gasteiger partial charge in [0.15, 0.2) is 0 Å². The second-order valence-corrected chi connectivity index (χ2v) is 4.81. The molecule has 1 aromatic rings. The fourth-order valence-corrected chi connectivity index (χ4v) is 2.30. The monoisotopic (exact) mass is 275 g/mol. The van der Waals surface area contributed by atoms with E-state index in [1.807, 2.05) is 0 Å². The average Bonchev–Trinajstić information content (AvgIpc) is 2.79. The van der Waals surface area contributed by atoms with Gasteiger partial charge in [-0.3, -0.25) is 0 Å². The van der Waals surface area contributed by atoms with Gasteiger partial charge in [-0.2, -0.15) is 0 Å². The summed E-state index contributed by atoms with van der Waals surface area (Å²) in [6, 6.07) is 8.47. The molecular weight excluding hydrogens is 261 g/mol. The first-order chi connectivity index (χ1) is 6.15. The van der Waals surface area contributed by atoms with Crippen molar-refractivity contribution in [2.24, 2.45) is 5.73 Å². The van der Waals surface area contributed by atoms with Crippen LogP contribution in [0.3, 0.4) is 0 Å². The van der Waals surface area contributed by atoms with Crippen LogP contribution in [-0.4, -0.2) is 5.54 Å². The van der Waals surface area contributed by atoms with Gasteiger partial charge in [0.05, 0.1) is 0 Å². The van der Waals surface area contributed by atoms with Gasteiger partial charge in [0.1, 0.15) is 0 Å². The van der Waals surface area contributed by atoms with Crippen molar-refractivity contribution in [3.05, 3.63) is 34.3 Å². The Bertz CT molecular complexity index is 329. The van der Waals surface area contributed by atoms with Gasteiger partial charge in [-0.15, -0.1) is 12.4 Å². The van der Waals surface area contributed by atoms with Crippen LogP contribution in [0.1, 0.15) is 31.2 Å². The molecule has 1 fully saturated rings. The third-order valence-electron chi connectivity index (χ3n) is 3.03. The first-order valence-corrected chi connectivity index (χ1v) is 5.49. The molecule has 2 rings (SSSR count). The number of benzene rings is 1. The Balaban J connectivity index is 0.000000980. The second-order valence-electron chi connectivity index (χ2n) is 3.90. The average molecular weight is 277 g/mol. The Morgan fingerprint density at radius 1 is 1.57 bits per heavy atom. The topological polar surface area (TPSA) is 26.0 Å². The van der Waals surface area contributed by atoms with Crippen LogP contribution in [0.2, 0.25) is 0 Å². The molecule has 78 valence electrons. The first kappa shape index (κ1) is 12.0. The van der Waals surface area contributed by atoms with Gasteiger partial charge in [-0.05, 0) is 30.5 Å². The molecule has 0 heterocycles. The normalized spacial score (nSPS) is 29.5. The van der Waals surface area contributed by atoms with E-state index in [1.165, 1.54) is 5.56 Å². The predicted octanol–water partition coefficient (Wildman–Crippen LogP) is 3.47. The lowest BCUT2D eigenvalue weighted by Crippen LogP contribution is -2.22. The first-order valence-electron chi connectivity index (χ1n) is 4.70. The van der Waals surface area contributed by atoms with Gasteiger partial charge in [-0.25, -0.2) is 0 Å². The van der Waals surface area contributed by atoms with E-state index in [0.717, 1.165) is 17.3 Å². The van der Waals surface area contributed by atoms with Crippen LogP contribution in [-0.2, 0) is 0 Å². The summed E-state index contributed by atoms with van der Waals surface area (Å²) in [5, 5.41) is 0. The lowest BCUT2D eigenvalue weighted by molar-refractivity contribution is 0.626. The highest BCUT2D eigenvalue weighted by atomic mass is 79.9. The van der Waals surface area contributed by atoms with Crippen molar-refractivity contribution >= 4 is 28.3 Å². The highest BCUT2D eigenvalue weighted by molar-refractivity contribution is 9.10. The van der Waals surface area contributed by atoms with Crippen LogP contribution in [0.15, 0.2) is 28.7 Å². The number of hydrogen-bond acceptors (Lipinski definition) is 1. The molecule has 2 atom stereocenters. The van der Waals surface area contributed by atoms with Crippen molar-refractivity contribution in [2.45, 2.75) is 31.2 Å². The van der Waals surface area contributed by atoms with Crippen LogP contribution in [0.5, 0.6) is 0 Å². The van der Waals surface area contributed by atoms with E-state index in [0.29, 0.717) is 5.92 Å². The molecule has 0 unspecified atom stereocenters. The lowest BCUT2D eigenvalue weighted by atomic mass is 10.1. The largest absolute Gasteiger partial charge is 0.325 e.